The number of fused-ring (bicyclic) bond motifs is 1. The van der Waals surface area contributed by atoms with E-state index < -0.39 is 36.5 Å². The molecule has 170 valence electrons. The lowest BCUT2D eigenvalue weighted by molar-refractivity contribution is -0.274. The highest BCUT2D eigenvalue weighted by Crippen LogP contribution is 2.31. The van der Waals surface area contributed by atoms with Crippen molar-refractivity contribution in [3.05, 3.63) is 30.0 Å². The van der Waals surface area contributed by atoms with Crippen LogP contribution in [0.1, 0.15) is 29.8 Å². The quantitative estimate of drug-likeness (QED) is 0.508. The molecule has 4 N–H and O–H groups in total. The zero-order valence-electron chi connectivity index (χ0n) is 16.7. The molecule has 1 aromatic heterocycles. The Morgan fingerprint density at radius 3 is 2.81 bits per heavy atom. The van der Waals surface area contributed by atoms with Gasteiger partial charge < -0.3 is 25.7 Å². The summed E-state index contributed by atoms with van der Waals surface area (Å²) in [6, 6.07) is 6.14. The van der Waals surface area contributed by atoms with Crippen LogP contribution < -0.4 is 20.7 Å². The number of halogens is 3. The Morgan fingerprint density at radius 1 is 1.34 bits per heavy atom. The first-order valence-electron chi connectivity index (χ1n) is 9.78. The maximum Gasteiger partial charge on any atom is 0.573 e. The van der Waals surface area contributed by atoms with Gasteiger partial charge in [0.1, 0.15) is 17.5 Å². The first kappa shape index (κ1) is 22.9. The van der Waals surface area contributed by atoms with Crippen LogP contribution in [0, 0.1) is 17.2 Å². The molecule has 2 aromatic rings. The van der Waals surface area contributed by atoms with E-state index in [0.29, 0.717) is 13.0 Å². The van der Waals surface area contributed by atoms with Crippen LogP contribution in [0.25, 0.3) is 10.9 Å². The molecule has 9 nitrogen and oxygen atoms in total. The lowest BCUT2D eigenvalue weighted by Crippen LogP contribution is -2.44. The van der Waals surface area contributed by atoms with Gasteiger partial charge in [-0.2, -0.15) is 5.26 Å². The number of aromatic amines is 1. The number of carbonyl (C=O) groups is 3. The summed E-state index contributed by atoms with van der Waals surface area (Å²) in [6.45, 7) is 0.123. The second-order valence-corrected chi connectivity index (χ2v) is 7.25. The summed E-state index contributed by atoms with van der Waals surface area (Å²) in [5.74, 6) is -2.37. The second-order valence-electron chi connectivity index (χ2n) is 7.25. The van der Waals surface area contributed by atoms with Crippen LogP contribution >= 0.6 is 0 Å². The van der Waals surface area contributed by atoms with Crippen molar-refractivity contribution in [3.63, 3.8) is 0 Å². The van der Waals surface area contributed by atoms with Crippen LogP contribution in [0.15, 0.2) is 24.3 Å². The maximum absolute atomic E-state index is 12.5. The highest BCUT2D eigenvalue weighted by molar-refractivity contribution is 6.00. The number of alkyl halides is 3. The predicted octanol–water partition coefficient (Wildman–Crippen LogP) is 1.72. The van der Waals surface area contributed by atoms with Crippen molar-refractivity contribution in [2.45, 2.75) is 31.7 Å². The van der Waals surface area contributed by atoms with Gasteiger partial charge in [0.25, 0.3) is 5.91 Å². The molecule has 3 rings (SSSR count). The zero-order chi connectivity index (χ0) is 23.3. The number of ether oxygens (including phenoxy) is 1. The number of piperidine rings is 1. The lowest BCUT2D eigenvalue weighted by Gasteiger charge is -2.23. The molecule has 1 fully saturated rings. The van der Waals surface area contributed by atoms with Crippen molar-refractivity contribution in [1.82, 2.24) is 20.9 Å². The van der Waals surface area contributed by atoms with Crippen LogP contribution in [0.3, 0.4) is 0 Å². The summed E-state index contributed by atoms with van der Waals surface area (Å²) in [5, 5.41) is 16.8. The summed E-state index contributed by atoms with van der Waals surface area (Å²) < 4.78 is 41.6. The second kappa shape index (κ2) is 9.59. The van der Waals surface area contributed by atoms with Crippen molar-refractivity contribution >= 4 is 28.6 Å². The van der Waals surface area contributed by atoms with E-state index in [1.807, 2.05) is 6.07 Å². The van der Waals surface area contributed by atoms with Gasteiger partial charge in [-0.15, -0.1) is 13.2 Å². The number of nitriles is 1. The molecule has 0 saturated carbocycles. The summed E-state index contributed by atoms with van der Waals surface area (Å²) in [4.78, 5) is 38.9. The monoisotopic (exact) mass is 451 g/mol. The first-order chi connectivity index (χ1) is 15.2. The normalized spacial score (nSPS) is 17.2. The Bertz CT molecular complexity index is 1060. The third-order valence-corrected chi connectivity index (χ3v) is 4.91. The number of nitrogens with one attached hydrogen (secondary N) is 4. The minimum Gasteiger partial charge on any atom is -0.405 e. The Hall–Kier alpha value is -3.75. The number of aromatic nitrogens is 1. The third-order valence-electron chi connectivity index (χ3n) is 4.91. The number of hydrogen-bond donors (Lipinski definition) is 4. The van der Waals surface area contributed by atoms with E-state index in [1.54, 1.807) is 0 Å². The average molecular weight is 451 g/mol. The fourth-order valence-electron chi connectivity index (χ4n) is 3.45. The Labute approximate surface area is 180 Å². The van der Waals surface area contributed by atoms with Crippen molar-refractivity contribution in [1.29, 1.82) is 5.26 Å². The van der Waals surface area contributed by atoms with Crippen LogP contribution in [-0.4, -0.2) is 48.2 Å². The number of nitrogens with zero attached hydrogens (tertiary/aromatic N) is 1. The van der Waals surface area contributed by atoms with Crippen molar-refractivity contribution in [3.8, 4) is 11.8 Å². The van der Waals surface area contributed by atoms with Crippen LogP contribution in [-0.2, 0) is 9.59 Å². The number of H-pyrrole nitrogens is 1. The van der Waals surface area contributed by atoms with Gasteiger partial charge in [-0.05, 0) is 37.5 Å². The Morgan fingerprint density at radius 2 is 2.12 bits per heavy atom. The number of carbonyl (C=O) groups excluding carboxylic acids is 3. The summed E-state index contributed by atoms with van der Waals surface area (Å²) in [7, 11) is 0. The molecule has 1 saturated heterocycles. The van der Waals surface area contributed by atoms with Gasteiger partial charge in [-0.1, -0.05) is 6.07 Å². The highest BCUT2D eigenvalue weighted by atomic mass is 19.4. The molecule has 2 atom stereocenters. The summed E-state index contributed by atoms with van der Waals surface area (Å²) in [6.07, 6.45) is -3.32. The van der Waals surface area contributed by atoms with E-state index in [9.17, 15) is 32.8 Å². The molecule has 0 radical (unpaired) electrons. The van der Waals surface area contributed by atoms with E-state index in [2.05, 4.69) is 25.7 Å². The van der Waals surface area contributed by atoms with Crippen molar-refractivity contribution < 1.29 is 32.3 Å². The van der Waals surface area contributed by atoms with E-state index in [-0.39, 0.29) is 34.8 Å². The molecule has 1 aliphatic heterocycles. The van der Waals surface area contributed by atoms with Crippen molar-refractivity contribution in [2.24, 2.45) is 5.92 Å². The zero-order valence-corrected chi connectivity index (χ0v) is 16.7. The standard InChI is InChI=1S/C20H20F3N5O4/c21-20(22,23)32-16-5-1-4-14-13(16)8-15(28-14)19(31)26-10-17(29)27-12(9-24)7-11-3-2-6-25-18(11)30/h1,4-5,8,11-12,28H,2-3,6-7,10H2,(H,25,30)(H,26,31)(H,27,29). The first-order valence-corrected chi connectivity index (χ1v) is 9.78. The largest absolute Gasteiger partial charge is 0.573 e. The van der Waals surface area contributed by atoms with Gasteiger partial charge in [0.15, 0.2) is 0 Å². The van der Waals surface area contributed by atoms with Crippen molar-refractivity contribution in [2.75, 3.05) is 13.1 Å². The molecule has 2 unspecified atom stereocenters. The molecular weight excluding hydrogens is 431 g/mol. The molecule has 2 heterocycles. The third kappa shape index (κ3) is 5.90. The molecule has 1 aromatic carbocycles. The smallest absolute Gasteiger partial charge is 0.405 e. The van der Waals surface area contributed by atoms with Gasteiger partial charge >= 0.3 is 6.36 Å². The van der Waals surface area contributed by atoms with E-state index in [0.717, 1.165) is 12.5 Å². The SMILES string of the molecule is N#CC(CC1CCCNC1=O)NC(=O)CNC(=O)c1cc2c(OC(F)(F)F)cccc2[nH]1. The fraction of sp³-hybridized carbons (Fsp3) is 0.400. The molecule has 32 heavy (non-hydrogen) atoms. The van der Waals surface area contributed by atoms with Gasteiger partial charge in [0, 0.05) is 23.4 Å². The average Bonchev–Trinajstić information content (AvgIpc) is 3.17. The van der Waals surface area contributed by atoms with Gasteiger partial charge in [0.2, 0.25) is 11.8 Å². The topological polar surface area (TPSA) is 136 Å². The van der Waals surface area contributed by atoms with E-state index in [4.69, 9.17) is 0 Å². The minimum atomic E-state index is -4.89. The van der Waals surface area contributed by atoms with Crippen LogP contribution in [0.4, 0.5) is 13.2 Å². The molecule has 3 amide bonds. The van der Waals surface area contributed by atoms with Crippen LogP contribution in [0.5, 0.6) is 5.75 Å². The number of benzene rings is 1. The Balaban J connectivity index is 1.57. The molecule has 1 aliphatic rings. The maximum atomic E-state index is 12.5. The summed E-state index contributed by atoms with van der Waals surface area (Å²) in [5.41, 5.74) is 0.179. The number of hydrogen-bond acceptors (Lipinski definition) is 5. The van der Waals surface area contributed by atoms with E-state index >= 15 is 0 Å². The minimum absolute atomic E-state index is 0.0507. The molecule has 0 aliphatic carbocycles. The fourth-order valence-corrected chi connectivity index (χ4v) is 3.45. The predicted molar refractivity (Wildman–Crippen MR) is 105 cm³/mol. The molecule has 12 heteroatoms. The highest BCUT2D eigenvalue weighted by Gasteiger charge is 2.32. The lowest BCUT2D eigenvalue weighted by atomic mass is 9.92. The van der Waals surface area contributed by atoms with Gasteiger partial charge in [-0.25, -0.2) is 0 Å². The molecule has 0 bridgehead atoms. The van der Waals surface area contributed by atoms with E-state index in [1.165, 1.54) is 18.2 Å². The molecular formula is C20H20F3N5O4. The summed E-state index contributed by atoms with van der Waals surface area (Å²) >= 11 is 0. The Kier molecular flexibility index (Phi) is 6.87. The van der Waals surface area contributed by atoms with Gasteiger partial charge in [-0.3, -0.25) is 14.4 Å². The van der Waals surface area contributed by atoms with Crippen LogP contribution in [0.2, 0.25) is 0 Å². The van der Waals surface area contributed by atoms with Gasteiger partial charge in [0.05, 0.1) is 12.6 Å². The number of amides is 3. The number of rotatable bonds is 7. The molecule has 0 spiro atoms.